The van der Waals surface area contributed by atoms with Gasteiger partial charge in [0.25, 0.3) is 0 Å². The van der Waals surface area contributed by atoms with Crippen molar-refractivity contribution in [2.24, 2.45) is 5.16 Å². The van der Waals surface area contributed by atoms with E-state index in [-0.39, 0.29) is 12.1 Å². The number of aryl methyl sites for hydroxylation is 2. The van der Waals surface area contributed by atoms with Gasteiger partial charge in [0.15, 0.2) is 6.10 Å². The molecule has 0 saturated carbocycles. The Morgan fingerprint density at radius 2 is 1.78 bits per heavy atom. The van der Waals surface area contributed by atoms with Crippen LogP contribution in [0.4, 0.5) is 10.5 Å². The molecule has 0 saturated heterocycles. The first kappa shape index (κ1) is 21.6. The van der Waals surface area contributed by atoms with Crippen LogP contribution in [0.25, 0.3) is 0 Å². The maximum Gasteiger partial charge on any atom is 0.322 e. The smallest absolute Gasteiger partial charge is 0.322 e. The van der Waals surface area contributed by atoms with Crippen molar-refractivity contribution in [3.05, 3.63) is 101 Å². The fourth-order valence-electron chi connectivity index (χ4n) is 3.78. The van der Waals surface area contributed by atoms with Crippen molar-refractivity contribution in [2.75, 3.05) is 11.9 Å². The van der Waals surface area contributed by atoms with Gasteiger partial charge in [-0.2, -0.15) is 0 Å². The Hall–Kier alpha value is -3.60. The summed E-state index contributed by atoms with van der Waals surface area (Å²) in [4.78, 5) is 20.7. The highest BCUT2D eigenvalue weighted by molar-refractivity contribution is 6.01. The fraction of sp³-hybridized carbons (Fsp3) is 0.259. The summed E-state index contributed by atoms with van der Waals surface area (Å²) < 4.78 is 0. The largest absolute Gasteiger partial charge is 0.390 e. The molecule has 0 spiro atoms. The van der Waals surface area contributed by atoms with Gasteiger partial charge in [-0.3, -0.25) is 0 Å². The lowest BCUT2D eigenvalue weighted by atomic mass is 10.0. The standard InChI is InChI=1S/C27H29N3O2/c1-3-21-10-7-11-24(16-21)28-27(31)30(18-22-8-5-4-6-9-22)19-25-17-26(29-32-25)23-14-12-20(2)13-15-23/h4-16,25H,3,17-19H2,1-2H3,(H,28,31)/t25-/m0/s1. The third-order valence-electron chi connectivity index (χ3n) is 5.63. The Bertz CT molecular complexity index is 1080. The van der Waals surface area contributed by atoms with Gasteiger partial charge in [0.1, 0.15) is 0 Å². The van der Waals surface area contributed by atoms with Crippen molar-refractivity contribution in [1.29, 1.82) is 0 Å². The Morgan fingerprint density at radius 3 is 2.53 bits per heavy atom. The molecule has 0 aromatic heterocycles. The zero-order valence-electron chi connectivity index (χ0n) is 18.6. The monoisotopic (exact) mass is 427 g/mol. The predicted octanol–water partition coefficient (Wildman–Crippen LogP) is 5.78. The normalized spacial score (nSPS) is 15.1. The van der Waals surface area contributed by atoms with Gasteiger partial charge in [-0.1, -0.05) is 84.4 Å². The predicted molar refractivity (Wildman–Crippen MR) is 129 cm³/mol. The number of carbonyl (C=O) groups is 1. The van der Waals surface area contributed by atoms with Crippen LogP contribution in [0, 0.1) is 6.92 Å². The number of nitrogens with zero attached hydrogens (tertiary/aromatic N) is 2. The van der Waals surface area contributed by atoms with E-state index in [2.05, 4.69) is 54.7 Å². The Labute approximate surface area is 189 Å². The lowest BCUT2D eigenvalue weighted by Gasteiger charge is -2.25. The molecule has 1 atom stereocenters. The van der Waals surface area contributed by atoms with E-state index in [0.29, 0.717) is 19.5 Å². The number of oxime groups is 1. The molecule has 4 rings (SSSR count). The molecule has 0 unspecified atom stereocenters. The second kappa shape index (κ2) is 10.1. The van der Waals surface area contributed by atoms with Crippen molar-refractivity contribution in [3.8, 4) is 0 Å². The number of nitrogens with one attached hydrogen (secondary N) is 1. The van der Waals surface area contributed by atoms with Crippen molar-refractivity contribution < 1.29 is 9.63 Å². The molecule has 0 aliphatic carbocycles. The SMILES string of the molecule is CCc1cccc(NC(=O)N(Cc2ccccc2)C[C@@H]2CC(c3ccc(C)cc3)=NO2)c1. The molecule has 2 amide bonds. The first-order valence-electron chi connectivity index (χ1n) is 11.1. The number of benzene rings is 3. The summed E-state index contributed by atoms with van der Waals surface area (Å²) in [6, 6.07) is 26.1. The summed E-state index contributed by atoms with van der Waals surface area (Å²) in [6.45, 7) is 5.12. The van der Waals surface area contributed by atoms with Gasteiger partial charge in [0, 0.05) is 18.7 Å². The third-order valence-corrected chi connectivity index (χ3v) is 5.63. The van der Waals surface area contributed by atoms with Crippen LogP contribution in [-0.4, -0.2) is 29.3 Å². The number of rotatable bonds is 7. The van der Waals surface area contributed by atoms with Gasteiger partial charge in [0.2, 0.25) is 0 Å². The summed E-state index contributed by atoms with van der Waals surface area (Å²) in [5, 5.41) is 7.36. The van der Waals surface area contributed by atoms with Gasteiger partial charge in [0.05, 0.1) is 12.3 Å². The Kier molecular flexibility index (Phi) is 6.85. The third kappa shape index (κ3) is 5.55. The molecule has 32 heavy (non-hydrogen) atoms. The van der Waals surface area contributed by atoms with Crippen molar-refractivity contribution in [2.45, 2.75) is 39.3 Å². The minimum atomic E-state index is -0.178. The van der Waals surface area contributed by atoms with E-state index in [1.165, 1.54) is 11.1 Å². The van der Waals surface area contributed by atoms with Crippen molar-refractivity contribution in [1.82, 2.24) is 4.90 Å². The summed E-state index contributed by atoms with van der Waals surface area (Å²) >= 11 is 0. The molecule has 3 aromatic carbocycles. The highest BCUT2D eigenvalue weighted by Gasteiger charge is 2.27. The number of carbonyl (C=O) groups excluding carboxylic acids is 1. The van der Waals surface area contributed by atoms with E-state index in [9.17, 15) is 4.79 Å². The molecule has 5 nitrogen and oxygen atoms in total. The summed E-state index contributed by atoms with van der Waals surface area (Å²) in [5.74, 6) is 0. The molecule has 164 valence electrons. The van der Waals surface area contributed by atoms with E-state index >= 15 is 0 Å². The van der Waals surface area contributed by atoms with Crippen LogP contribution < -0.4 is 5.32 Å². The van der Waals surface area contributed by atoms with Crippen LogP contribution in [0.3, 0.4) is 0 Å². The van der Waals surface area contributed by atoms with Gasteiger partial charge in [-0.15, -0.1) is 0 Å². The highest BCUT2D eigenvalue weighted by Crippen LogP contribution is 2.20. The number of anilines is 1. The molecule has 1 aliphatic rings. The molecule has 5 heteroatoms. The van der Waals surface area contributed by atoms with E-state index in [0.717, 1.165) is 28.9 Å². The van der Waals surface area contributed by atoms with E-state index in [1.54, 1.807) is 4.90 Å². The average Bonchev–Trinajstić information content (AvgIpc) is 3.28. The first-order valence-corrected chi connectivity index (χ1v) is 11.1. The van der Waals surface area contributed by atoms with Gasteiger partial charge < -0.3 is 15.1 Å². The molecular formula is C27H29N3O2. The molecule has 1 N–H and O–H groups in total. The Morgan fingerprint density at radius 1 is 1.03 bits per heavy atom. The van der Waals surface area contributed by atoms with Gasteiger partial charge in [-0.25, -0.2) is 4.79 Å². The van der Waals surface area contributed by atoms with Crippen LogP contribution in [0.2, 0.25) is 0 Å². The van der Waals surface area contributed by atoms with Crippen LogP contribution in [-0.2, 0) is 17.8 Å². The summed E-state index contributed by atoms with van der Waals surface area (Å²) in [7, 11) is 0. The number of hydrogen-bond acceptors (Lipinski definition) is 3. The first-order chi connectivity index (χ1) is 15.6. The highest BCUT2D eigenvalue weighted by atomic mass is 16.6. The zero-order chi connectivity index (χ0) is 22.3. The van der Waals surface area contributed by atoms with Crippen LogP contribution >= 0.6 is 0 Å². The Balaban J connectivity index is 1.45. The van der Waals surface area contributed by atoms with E-state index < -0.39 is 0 Å². The van der Waals surface area contributed by atoms with E-state index in [4.69, 9.17) is 4.84 Å². The zero-order valence-corrected chi connectivity index (χ0v) is 18.6. The summed E-state index contributed by atoms with van der Waals surface area (Å²) in [5.41, 5.74) is 6.26. The number of amides is 2. The topological polar surface area (TPSA) is 53.9 Å². The number of hydrogen-bond donors (Lipinski definition) is 1. The maximum atomic E-state index is 13.2. The molecule has 0 bridgehead atoms. The second-order valence-corrected chi connectivity index (χ2v) is 8.19. The van der Waals surface area contributed by atoms with Crippen molar-refractivity contribution >= 4 is 17.4 Å². The maximum absolute atomic E-state index is 13.2. The fourth-order valence-corrected chi connectivity index (χ4v) is 3.78. The lowest BCUT2D eigenvalue weighted by molar-refractivity contribution is 0.0608. The van der Waals surface area contributed by atoms with Crippen LogP contribution in [0.1, 0.15) is 35.6 Å². The molecule has 1 heterocycles. The molecular weight excluding hydrogens is 398 g/mol. The minimum absolute atomic E-state index is 0.144. The van der Waals surface area contributed by atoms with E-state index in [1.807, 2.05) is 48.5 Å². The summed E-state index contributed by atoms with van der Waals surface area (Å²) in [6.07, 6.45) is 1.42. The molecule has 3 aromatic rings. The number of urea groups is 1. The second-order valence-electron chi connectivity index (χ2n) is 8.19. The van der Waals surface area contributed by atoms with Crippen LogP contribution in [0.5, 0.6) is 0 Å². The molecule has 1 aliphatic heterocycles. The minimum Gasteiger partial charge on any atom is -0.390 e. The average molecular weight is 428 g/mol. The molecule has 0 radical (unpaired) electrons. The van der Waals surface area contributed by atoms with Crippen LogP contribution in [0.15, 0.2) is 84.0 Å². The quantitative estimate of drug-likeness (QED) is 0.519. The molecule has 0 fully saturated rings. The van der Waals surface area contributed by atoms with Gasteiger partial charge >= 0.3 is 6.03 Å². The van der Waals surface area contributed by atoms with Crippen molar-refractivity contribution in [3.63, 3.8) is 0 Å². The lowest BCUT2D eigenvalue weighted by Crippen LogP contribution is -2.40. The van der Waals surface area contributed by atoms with Gasteiger partial charge in [-0.05, 0) is 42.2 Å².